The van der Waals surface area contributed by atoms with Gasteiger partial charge in [0.15, 0.2) is 0 Å². The Morgan fingerprint density at radius 1 is 1.53 bits per heavy atom. The number of carbonyl (C=O) groups is 1. The number of ether oxygens (including phenoxy) is 1. The van der Waals surface area contributed by atoms with Crippen LogP contribution < -0.4 is 0 Å². The third-order valence-electron chi connectivity index (χ3n) is 2.82. The van der Waals surface area contributed by atoms with Gasteiger partial charge in [-0.25, -0.2) is 0 Å². The van der Waals surface area contributed by atoms with Gasteiger partial charge in [0.1, 0.15) is 11.8 Å². The standard InChI is InChI=1S/C13H22ClN3O2/c1-5-11(19-6-2)13(18)12-10(14)9-15-17(12)8-7-16(3)4/h9,11H,5-8H2,1-4H3. The first-order valence-electron chi connectivity index (χ1n) is 6.53. The summed E-state index contributed by atoms with van der Waals surface area (Å²) in [6.07, 6.45) is 1.70. The van der Waals surface area contributed by atoms with Gasteiger partial charge in [0, 0.05) is 13.2 Å². The number of ketones is 1. The summed E-state index contributed by atoms with van der Waals surface area (Å²) in [6.45, 7) is 5.73. The van der Waals surface area contributed by atoms with E-state index in [1.807, 2.05) is 32.8 Å². The van der Waals surface area contributed by atoms with Gasteiger partial charge in [0.2, 0.25) is 5.78 Å². The predicted molar refractivity (Wildman–Crippen MR) is 75.8 cm³/mol. The third-order valence-corrected chi connectivity index (χ3v) is 3.09. The lowest BCUT2D eigenvalue weighted by Crippen LogP contribution is -2.28. The highest BCUT2D eigenvalue weighted by molar-refractivity contribution is 6.33. The molecule has 0 aliphatic carbocycles. The van der Waals surface area contributed by atoms with Crippen LogP contribution in [0.5, 0.6) is 0 Å². The molecule has 0 fully saturated rings. The van der Waals surface area contributed by atoms with Crippen LogP contribution in [0.4, 0.5) is 0 Å². The minimum atomic E-state index is -0.447. The molecule has 0 spiro atoms. The second-order valence-electron chi connectivity index (χ2n) is 4.58. The van der Waals surface area contributed by atoms with Gasteiger partial charge in [-0.3, -0.25) is 9.48 Å². The topological polar surface area (TPSA) is 47.4 Å². The first-order chi connectivity index (χ1) is 9.01. The molecular formula is C13H22ClN3O2. The molecule has 5 nitrogen and oxygen atoms in total. The van der Waals surface area contributed by atoms with E-state index in [1.54, 1.807) is 4.68 Å². The molecule has 0 N–H and O–H groups in total. The minimum Gasteiger partial charge on any atom is -0.370 e. The van der Waals surface area contributed by atoms with Crippen LogP contribution >= 0.6 is 11.6 Å². The van der Waals surface area contributed by atoms with Crippen molar-refractivity contribution in [3.63, 3.8) is 0 Å². The molecule has 1 unspecified atom stereocenters. The first-order valence-corrected chi connectivity index (χ1v) is 6.90. The van der Waals surface area contributed by atoms with E-state index in [-0.39, 0.29) is 5.78 Å². The van der Waals surface area contributed by atoms with Crippen LogP contribution in [0.1, 0.15) is 30.8 Å². The number of rotatable bonds is 8. The predicted octanol–water partition coefficient (Wildman–Crippen LogP) is 2.10. The van der Waals surface area contributed by atoms with Gasteiger partial charge >= 0.3 is 0 Å². The summed E-state index contributed by atoms with van der Waals surface area (Å²) in [5.41, 5.74) is 0.448. The number of hydrogen-bond donors (Lipinski definition) is 0. The molecule has 1 aromatic heterocycles. The molecule has 1 heterocycles. The lowest BCUT2D eigenvalue weighted by Gasteiger charge is -2.16. The van der Waals surface area contributed by atoms with Crippen LogP contribution in [0.2, 0.25) is 5.02 Å². The molecule has 1 atom stereocenters. The quantitative estimate of drug-likeness (QED) is 0.687. The third kappa shape index (κ3) is 4.30. The number of hydrogen-bond acceptors (Lipinski definition) is 4. The number of Topliss-reactive ketones (excluding diaryl/α,β-unsaturated/α-hetero) is 1. The van der Waals surface area contributed by atoms with E-state index in [2.05, 4.69) is 5.10 Å². The van der Waals surface area contributed by atoms with Crippen molar-refractivity contribution in [3.8, 4) is 0 Å². The Morgan fingerprint density at radius 3 is 2.74 bits per heavy atom. The summed E-state index contributed by atoms with van der Waals surface area (Å²) in [6, 6.07) is 0. The molecule has 0 radical (unpaired) electrons. The molecule has 1 aromatic rings. The van der Waals surface area contributed by atoms with Crippen molar-refractivity contribution in [2.45, 2.75) is 32.9 Å². The summed E-state index contributed by atoms with van der Waals surface area (Å²) in [4.78, 5) is 14.5. The van der Waals surface area contributed by atoms with Crippen LogP contribution in [-0.2, 0) is 11.3 Å². The number of carbonyl (C=O) groups excluding carboxylic acids is 1. The lowest BCUT2D eigenvalue weighted by atomic mass is 10.1. The molecule has 0 amide bonds. The zero-order valence-electron chi connectivity index (χ0n) is 12.0. The highest BCUT2D eigenvalue weighted by atomic mass is 35.5. The van der Waals surface area contributed by atoms with Crippen molar-refractivity contribution in [1.82, 2.24) is 14.7 Å². The fraction of sp³-hybridized carbons (Fsp3) is 0.692. The molecule has 6 heteroatoms. The Labute approximate surface area is 119 Å². The molecule has 0 saturated heterocycles. The van der Waals surface area contributed by atoms with Gasteiger partial charge in [-0.2, -0.15) is 5.10 Å². The Kier molecular flexibility index (Phi) is 6.48. The highest BCUT2D eigenvalue weighted by Gasteiger charge is 2.25. The molecule has 0 aliphatic heterocycles. The molecule has 19 heavy (non-hydrogen) atoms. The van der Waals surface area contributed by atoms with Crippen molar-refractivity contribution in [1.29, 1.82) is 0 Å². The van der Waals surface area contributed by atoms with Crippen molar-refractivity contribution in [2.24, 2.45) is 0 Å². The lowest BCUT2D eigenvalue weighted by molar-refractivity contribution is 0.0434. The summed E-state index contributed by atoms with van der Waals surface area (Å²) < 4.78 is 7.11. The van der Waals surface area contributed by atoms with E-state index in [9.17, 15) is 4.79 Å². The summed E-state index contributed by atoms with van der Waals surface area (Å²) in [5.74, 6) is -0.0920. The maximum Gasteiger partial charge on any atom is 0.211 e. The monoisotopic (exact) mass is 287 g/mol. The SMILES string of the molecule is CCOC(CC)C(=O)c1c(Cl)cnn1CCN(C)C. The molecule has 0 bridgehead atoms. The van der Waals surface area contributed by atoms with E-state index in [0.717, 1.165) is 6.54 Å². The number of likely N-dealkylation sites (N-methyl/N-ethyl adjacent to an activating group) is 1. The van der Waals surface area contributed by atoms with Gasteiger partial charge in [0.05, 0.1) is 17.8 Å². The van der Waals surface area contributed by atoms with E-state index in [4.69, 9.17) is 16.3 Å². The minimum absolute atomic E-state index is 0.0920. The second-order valence-corrected chi connectivity index (χ2v) is 4.99. The Bertz CT molecular complexity index is 418. The van der Waals surface area contributed by atoms with Crippen molar-refractivity contribution in [3.05, 3.63) is 16.9 Å². The normalized spacial score (nSPS) is 12.9. The molecular weight excluding hydrogens is 266 g/mol. The van der Waals surface area contributed by atoms with Crippen LogP contribution in [0.3, 0.4) is 0 Å². The Morgan fingerprint density at radius 2 is 2.21 bits per heavy atom. The van der Waals surface area contributed by atoms with Gasteiger partial charge in [-0.1, -0.05) is 18.5 Å². The van der Waals surface area contributed by atoms with Crippen LogP contribution in [0, 0.1) is 0 Å². The largest absolute Gasteiger partial charge is 0.370 e. The maximum absolute atomic E-state index is 12.4. The van der Waals surface area contributed by atoms with E-state index in [1.165, 1.54) is 6.20 Å². The summed E-state index contributed by atoms with van der Waals surface area (Å²) >= 11 is 6.08. The number of halogens is 1. The van der Waals surface area contributed by atoms with E-state index < -0.39 is 6.10 Å². The van der Waals surface area contributed by atoms with Gasteiger partial charge in [-0.15, -0.1) is 0 Å². The van der Waals surface area contributed by atoms with Crippen molar-refractivity contribution in [2.75, 3.05) is 27.2 Å². The average Bonchev–Trinajstić information content (AvgIpc) is 2.74. The molecule has 0 saturated carbocycles. The van der Waals surface area contributed by atoms with Gasteiger partial charge in [0.25, 0.3) is 0 Å². The average molecular weight is 288 g/mol. The molecule has 1 rings (SSSR count). The van der Waals surface area contributed by atoms with Gasteiger partial charge in [-0.05, 0) is 27.4 Å². The van der Waals surface area contributed by atoms with E-state index >= 15 is 0 Å². The van der Waals surface area contributed by atoms with Crippen LogP contribution in [0.15, 0.2) is 6.20 Å². The number of nitrogens with zero attached hydrogens (tertiary/aromatic N) is 3. The first kappa shape index (κ1) is 16.1. The summed E-state index contributed by atoms with van der Waals surface area (Å²) in [7, 11) is 3.95. The molecule has 0 aliphatic rings. The second kappa shape index (κ2) is 7.62. The number of aromatic nitrogens is 2. The Hall–Kier alpha value is -0.910. The fourth-order valence-corrected chi connectivity index (χ4v) is 2.04. The van der Waals surface area contributed by atoms with E-state index in [0.29, 0.717) is 30.3 Å². The zero-order chi connectivity index (χ0) is 14.4. The fourth-order valence-electron chi connectivity index (χ4n) is 1.80. The molecule has 108 valence electrons. The smallest absolute Gasteiger partial charge is 0.211 e. The highest BCUT2D eigenvalue weighted by Crippen LogP contribution is 2.19. The molecule has 0 aromatic carbocycles. The maximum atomic E-state index is 12.4. The van der Waals surface area contributed by atoms with Crippen LogP contribution in [0.25, 0.3) is 0 Å². The zero-order valence-corrected chi connectivity index (χ0v) is 12.8. The van der Waals surface area contributed by atoms with Crippen LogP contribution in [-0.4, -0.2) is 53.8 Å². The van der Waals surface area contributed by atoms with Crippen molar-refractivity contribution >= 4 is 17.4 Å². The Balaban J connectivity index is 2.91. The van der Waals surface area contributed by atoms with Crippen molar-refractivity contribution < 1.29 is 9.53 Å². The van der Waals surface area contributed by atoms with Gasteiger partial charge < -0.3 is 9.64 Å². The summed E-state index contributed by atoms with van der Waals surface area (Å²) in [5, 5.41) is 4.56.